The van der Waals surface area contributed by atoms with E-state index in [4.69, 9.17) is 10.00 Å². The van der Waals surface area contributed by atoms with Crippen LogP contribution in [0.15, 0.2) is 48.5 Å². The van der Waals surface area contributed by atoms with E-state index in [0.29, 0.717) is 11.8 Å². The van der Waals surface area contributed by atoms with Crippen LogP contribution in [0.1, 0.15) is 93.2 Å². The van der Waals surface area contributed by atoms with E-state index in [2.05, 4.69) is 49.4 Å². The van der Waals surface area contributed by atoms with E-state index in [1.54, 1.807) is 0 Å². The van der Waals surface area contributed by atoms with E-state index >= 15 is 0 Å². The van der Waals surface area contributed by atoms with Crippen molar-refractivity contribution in [2.75, 3.05) is 6.61 Å². The average Bonchev–Trinajstić information content (AvgIpc) is 2.77. The molecule has 0 radical (unpaired) electrons. The van der Waals surface area contributed by atoms with Crippen molar-refractivity contribution in [3.8, 4) is 11.8 Å². The van der Waals surface area contributed by atoms with Crippen LogP contribution in [0.2, 0.25) is 0 Å². The smallest absolute Gasteiger partial charge is 0.119 e. The molecule has 2 aromatic carbocycles. The first-order valence-electron chi connectivity index (χ1n) is 11.0. The summed E-state index contributed by atoms with van der Waals surface area (Å²) >= 11 is 0. The average molecular weight is 376 g/mol. The fourth-order valence-electron chi connectivity index (χ4n) is 4.32. The third-order valence-corrected chi connectivity index (χ3v) is 6.11. The van der Waals surface area contributed by atoms with Gasteiger partial charge in [-0.3, -0.25) is 0 Å². The quantitative estimate of drug-likeness (QED) is 0.429. The summed E-state index contributed by atoms with van der Waals surface area (Å²) in [7, 11) is 0. The lowest BCUT2D eigenvalue weighted by molar-refractivity contribution is 0.304. The highest BCUT2D eigenvalue weighted by Gasteiger charge is 2.23. The van der Waals surface area contributed by atoms with Crippen molar-refractivity contribution >= 4 is 0 Å². The second kappa shape index (κ2) is 10.9. The van der Waals surface area contributed by atoms with E-state index in [1.807, 2.05) is 12.1 Å². The second-order valence-electron chi connectivity index (χ2n) is 8.11. The van der Waals surface area contributed by atoms with Crippen molar-refractivity contribution in [1.82, 2.24) is 0 Å². The molecule has 0 saturated heterocycles. The molecule has 0 aromatic heterocycles. The lowest BCUT2D eigenvalue weighted by Gasteiger charge is -2.29. The molecule has 148 valence electrons. The topological polar surface area (TPSA) is 33.0 Å². The van der Waals surface area contributed by atoms with Gasteiger partial charge in [0.25, 0.3) is 0 Å². The molecule has 1 aliphatic carbocycles. The lowest BCUT2D eigenvalue weighted by Crippen LogP contribution is -2.12. The predicted octanol–water partition coefficient (Wildman–Crippen LogP) is 7.35. The minimum Gasteiger partial charge on any atom is -0.494 e. The number of nitrogens with zero attached hydrogens (tertiary/aromatic N) is 1. The molecule has 2 aromatic rings. The molecule has 0 N–H and O–H groups in total. The Kier molecular flexibility index (Phi) is 7.97. The number of rotatable bonds is 9. The van der Waals surface area contributed by atoms with Gasteiger partial charge in [-0.05, 0) is 79.3 Å². The molecule has 1 fully saturated rings. The number of ether oxygens (including phenoxy) is 1. The largest absolute Gasteiger partial charge is 0.494 e. The highest BCUT2D eigenvalue weighted by molar-refractivity contribution is 5.34. The Morgan fingerprint density at radius 3 is 1.86 bits per heavy atom. The first-order chi connectivity index (χ1) is 13.8. The van der Waals surface area contributed by atoms with Crippen LogP contribution in [0.5, 0.6) is 5.75 Å². The van der Waals surface area contributed by atoms with Crippen LogP contribution in [0.4, 0.5) is 0 Å². The maximum Gasteiger partial charge on any atom is 0.119 e. The summed E-state index contributed by atoms with van der Waals surface area (Å²) in [5.74, 6) is 2.31. The molecule has 2 nitrogen and oxygen atoms in total. The predicted molar refractivity (Wildman–Crippen MR) is 116 cm³/mol. The molecule has 2 heteroatoms. The van der Waals surface area contributed by atoms with Gasteiger partial charge >= 0.3 is 0 Å². The lowest BCUT2D eigenvalue weighted by atomic mass is 9.76. The Hall–Kier alpha value is -2.27. The SMILES string of the molecule is CCCCCCCOc1ccc(C2CCC(c3ccc(C#N)cc3)CC2)cc1. The summed E-state index contributed by atoms with van der Waals surface area (Å²) in [4.78, 5) is 0. The van der Waals surface area contributed by atoms with Crippen molar-refractivity contribution in [3.63, 3.8) is 0 Å². The van der Waals surface area contributed by atoms with E-state index < -0.39 is 0 Å². The van der Waals surface area contributed by atoms with E-state index in [0.717, 1.165) is 24.3 Å². The molecule has 0 atom stereocenters. The molecule has 0 heterocycles. The highest BCUT2D eigenvalue weighted by atomic mass is 16.5. The zero-order chi connectivity index (χ0) is 19.6. The van der Waals surface area contributed by atoms with Gasteiger partial charge in [-0.1, -0.05) is 56.9 Å². The maximum atomic E-state index is 8.95. The van der Waals surface area contributed by atoms with Crippen LogP contribution >= 0.6 is 0 Å². The number of hydrogen-bond acceptors (Lipinski definition) is 2. The fraction of sp³-hybridized carbons (Fsp3) is 0.500. The van der Waals surface area contributed by atoms with Gasteiger partial charge in [0.2, 0.25) is 0 Å². The van der Waals surface area contributed by atoms with Gasteiger partial charge in [0.05, 0.1) is 18.2 Å². The first-order valence-corrected chi connectivity index (χ1v) is 11.0. The Balaban J connectivity index is 1.43. The summed E-state index contributed by atoms with van der Waals surface area (Å²) in [5, 5.41) is 8.95. The minimum absolute atomic E-state index is 0.638. The van der Waals surface area contributed by atoms with E-state index in [9.17, 15) is 0 Å². The summed E-state index contributed by atoms with van der Waals surface area (Å²) in [6.07, 6.45) is 11.3. The molecule has 0 amide bonds. The molecule has 1 aliphatic rings. The van der Waals surface area contributed by atoms with Gasteiger partial charge in [-0.25, -0.2) is 0 Å². The third-order valence-electron chi connectivity index (χ3n) is 6.11. The monoisotopic (exact) mass is 375 g/mol. The van der Waals surface area contributed by atoms with Gasteiger partial charge < -0.3 is 4.74 Å². The van der Waals surface area contributed by atoms with Crippen LogP contribution in [-0.4, -0.2) is 6.61 Å². The molecule has 0 spiro atoms. The highest BCUT2D eigenvalue weighted by Crippen LogP contribution is 2.40. The zero-order valence-electron chi connectivity index (χ0n) is 17.2. The van der Waals surface area contributed by atoms with Crippen molar-refractivity contribution in [2.45, 2.75) is 76.5 Å². The standard InChI is InChI=1S/C26H33NO/c1-2-3-4-5-6-19-28-26-17-15-25(16-18-26)24-13-11-23(12-14-24)22-9-7-21(20-27)8-10-22/h7-10,15-18,23-24H,2-6,11-14,19H2,1H3. The summed E-state index contributed by atoms with van der Waals surface area (Å²) in [5.41, 5.74) is 3.59. The summed E-state index contributed by atoms with van der Waals surface area (Å²) in [6.45, 7) is 3.08. The van der Waals surface area contributed by atoms with Crippen molar-refractivity contribution < 1.29 is 4.74 Å². The molecule has 0 aliphatic heterocycles. The minimum atomic E-state index is 0.638. The Morgan fingerprint density at radius 2 is 1.32 bits per heavy atom. The molecular formula is C26H33NO. The summed E-state index contributed by atoms with van der Waals surface area (Å²) in [6, 6.07) is 19.2. The van der Waals surface area contributed by atoms with Crippen molar-refractivity contribution in [2.24, 2.45) is 0 Å². The van der Waals surface area contributed by atoms with Crippen molar-refractivity contribution in [3.05, 3.63) is 65.2 Å². The molecule has 3 rings (SSSR count). The van der Waals surface area contributed by atoms with E-state index in [1.165, 1.54) is 62.5 Å². The molecule has 1 saturated carbocycles. The van der Waals surface area contributed by atoms with Crippen LogP contribution < -0.4 is 4.74 Å². The van der Waals surface area contributed by atoms with Crippen LogP contribution in [0, 0.1) is 11.3 Å². The third kappa shape index (κ3) is 5.86. The van der Waals surface area contributed by atoms with Crippen LogP contribution in [-0.2, 0) is 0 Å². The van der Waals surface area contributed by atoms with Gasteiger partial charge in [-0.2, -0.15) is 5.26 Å². The van der Waals surface area contributed by atoms with Crippen molar-refractivity contribution in [1.29, 1.82) is 5.26 Å². The molecule has 28 heavy (non-hydrogen) atoms. The normalized spacial score (nSPS) is 19.1. The van der Waals surface area contributed by atoms with Crippen LogP contribution in [0.3, 0.4) is 0 Å². The van der Waals surface area contributed by atoms with Gasteiger partial charge in [-0.15, -0.1) is 0 Å². The first kappa shape index (κ1) is 20.5. The maximum absolute atomic E-state index is 8.95. The zero-order valence-corrected chi connectivity index (χ0v) is 17.2. The summed E-state index contributed by atoms with van der Waals surface area (Å²) < 4.78 is 5.90. The van der Waals surface area contributed by atoms with E-state index in [-0.39, 0.29) is 0 Å². The fourth-order valence-corrected chi connectivity index (χ4v) is 4.32. The van der Waals surface area contributed by atoms with Crippen LogP contribution in [0.25, 0.3) is 0 Å². The van der Waals surface area contributed by atoms with Gasteiger partial charge in [0, 0.05) is 0 Å². The Bertz CT molecular complexity index is 733. The molecule has 0 bridgehead atoms. The number of hydrogen-bond donors (Lipinski definition) is 0. The van der Waals surface area contributed by atoms with Gasteiger partial charge in [0.15, 0.2) is 0 Å². The number of benzene rings is 2. The van der Waals surface area contributed by atoms with Gasteiger partial charge in [0.1, 0.15) is 5.75 Å². The molecule has 0 unspecified atom stereocenters. The Labute approximate surface area is 170 Å². The number of nitriles is 1. The number of unbranched alkanes of at least 4 members (excludes halogenated alkanes) is 4. The Morgan fingerprint density at radius 1 is 0.786 bits per heavy atom. The second-order valence-corrected chi connectivity index (χ2v) is 8.11. The molecular weight excluding hydrogens is 342 g/mol.